The summed E-state index contributed by atoms with van der Waals surface area (Å²) in [5, 5.41) is 0. The molecule has 0 atom stereocenters. The van der Waals surface area contributed by atoms with Crippen LogP contribution < -0.4 is 14.2 Å². The Morgan fingerprint density at radius 2 is 1.67 bits per heavy atom. The van der Waals surface area contributed by atoms with Crippen molar-refractivity contribution in [1.29, 1.82) is 0 Å². The van der Waals surface area contributed by atoms with Gasteiger partial charge in [-0.2, -0.15) is 0 Å². The van der Waals surface area contributed by atoms with E-state index in [1.165, 1.54) is 6.07 Å². The second kappa shape index (κ2) is 6.52. The largest absolute Gasteiger partial charge is 0.497 e. The van der Waals surface area contributed by atoms with Crippen LogP contribution >= 0.6 is 22.6 Å². The molecule has 0 bridgehead atoms. The molecule has 0 amide bonds. The molecule has 2 aromatic carbocycles. The smallest absolute Gasteiger partial charge is 0.261 e. The topological polar surface area (TPSA) is 64.6 Å². The molecule has 0 spiro atoms. The molecule has 112 valence electrons. The highest BCUT2D eigenvalue weighted by Crippen LogP contribution is 2.25. The average molecular weight is 419 g/mol. The molecule has 0 saturated heterocycles. The molecule has 0 aliphatic heterocycles. The summed E-state index contributed by atoms with van der Waals surface area (Å²) in [5.74, 6) is 1.30. The van der Waals surface area contributed by atoms with E-state index in [9.17, 15) is 8.42 Å². The monoisotopic (exact) mass is 419 g/mol. The van der Waals surface area contributed by atoms with E-state index in [0.29, 0.717) is 17.2 Å². The third kappa shape index (κ3) is 3.79. The van der Waals surface area contributed by atoms with Crippen molar-refractivity contribution < 1.29 is 17.9 Å². The number of hydrogen-bond donors (Lipinski definition) is 1. The van der Waals surface area contributed by atoms with Crippen LogP contribution in [-0.4, -0.2) is 22.6 Å². The minimum Gasteiger partial charge on any atom is -0.497 e. The number of halogens is 1. The van der Waals surface area contributed by atoms with E-state index in [1.54, 1.807) is 50.6 Å². The molecule has 2 rings (SSSR count). The number of sulfonamides is 1. The Kier molecular flexibility index (Phi) is 4.94. The van der Waals surface area contributed by atoms with Crippen LogP contribution in [0.5, 0.6) is 11.5 Å². The molecule has 1 N–H and O–H groups in total. The first kappa shape index (κ1) is 15.9. The van der Waals surface area contributed by atoms with Crippen LogP contribution in [0, 0.1) is 3.57 Å². The SMILES string of the molecule is COc1ccc(NS(=O)(=O)c2ccc(OC)c(I)c2)cc1. The number of ether oxygens (including phenoxy) is 2. The molecule has 0 saturated carbocycles. The molecule has 0 aliphatic rings. The molecule has 0 heterocycles. The lowest BCUT2D eigenvalue weighted by Gasteiger charge is -2.10. The summed E-state index contributed by atoms with van der Waals surface area (Å²) in [4.78, 5) is 0.184. The number of nitrogens with one attached hydrogen (secondary N) is 1. The van der Waals surface area contributed by atoms with Crippen molar-refractivity contribution in [3.63, 3.8) is 0 Å². The Morgan fingerprint density at radius 1 is 1.00 bits per heavy atom. The lowest BCUT2D eigenvalue weighted by Crippen LogP contribution is -2.13. The Labute approximate surface area is 137 Å². The van der Waals surface area contributed by atoms with Gasteiger partial charge in [0.15, 0.2) is 0 Å². The maximum Gasteiger partial charge on any atom is 0.261 e. The van der Waals surface area contributed by atoms with Gasteiger partial charge in [0.25, 0.3) is 10.0 Å². The van der Waals surface area contributed by atoms with Crippen molar-refractivity contribution in [2.24, 2.45) is 0 Å². The molecule has 0 fully saturated rings. The van der Waals surface area contributed by atoms with Gasteiger partial charge in [-0.1, -0.05) is 0 Å². The van der Waals surface area contributed by atoms with Crippen molar-refractivity contribution in [2.75, 3.05) is 18.9 Å². The molecular weight excluding hydrogens is 405 g/mol. The first-order valence-electron chi connectivity index (χ1n) is 5.96. The highest BCUT2D eigenvalue weighted by Gasteiger charge is 2.16. The van der Waals surface area contributed by atoms with Gasteiger partial charge >= 0.3 is 0 Å². The number of methoxy groups -OCH3 is 2. The Morgan fingerprint density at radius 3 is 2.19 bits per heavy atom. The van der Waals surface area contributed by atoms with Gasteiger partial charge in [0.2, 0.25) is 0 Å². The van der Waals surface area contributed by atoms with Gasteiger partial charge < -0.3 is 9.47 Å². The van der Waals surface area contributed by atoms with Crippen molar-refractivity contribution in [1.82, 2.24) is 0 Å². The van der Waals surface area contributed by atoms with E-state index >= 15 is 0 Å². The number of rotatable bonds is 5. The zero-order valence-electron chi connectivity index (χ0n) is 11.5. The fourth-order valence-electron chi connectivity index (χ4n) is 1.69. The first-order valence-corrected chi connectivity index (χ1v) is 8.53. The van der Waals surface area contributed by atoms with E-state index in [4.69, 9.17) is 9.47 Å². The van der Waals surface area contributed by atoms with Gasteiger partial charge in [0.05, 0.1) is 22.7 Å². The highest BCUT2D eigenvalue weighted by molar-refractivity contribution is 14.1. The standard InChI is InChI=1S/C14H14INO4S/c1-19-11-5-3-10(4-6-11)16-21(17,18)12-7-8-14(20-2)13(15)9-12/h3-9,16H,1-2H3. The molecule has 0 aromatic heterocycles. The van der Waals surface area contributed by atoms with E-state index in [1.807, 2.05) is 22.6 Å². The van der Waals surface area contributed by atoms with Gasteiger partial charge in [-0.05, 0) is 65.1 Å². The van der Waals surface area contributed by atoms with Crippen LogP contribution in [-0.2, 0) is 10.0 Å². The zero-order chi connectivity index (χ0) is 15.5. The molecule has 2 aromatic rings. The molecule has 5 nitrogen and oxygen atoms in total. The number of hydrogen-bond acceptors (Lipinski definition) is 4. The quantitative estimate of drug-likeness (QED) is 0.757. The predicted molar refractivity (Wildman–Crippen MR) is 89.5 cm³/mol. The maximum atomic E-state index is 12.3. The number of benzene rings is 2. The average Bonchev–Trinajstić information content (AvgIpc) is 2.47. The lowest BCUT2D eigenvalue weighted by molar-refractivity contribution is 0.411. The first-order chi connectivity index (χ1) is 9.96. The fourth-order valence-corrected chi connectivity index (χ4v) is 3.72. The molecule has 0 aliphatic carbocycles. The summed E-state index contributed by atoms with van der Waals surface area (Å²) in [6.07, 6.45) is 0. The van der Waals surface area contributed by atoms with Crippen LogP contribution in [0.3, 0.4) is 0 Å². The second-order valence-corrected chi connectivity index (χ2v) is 6.97. The summed E-state index contributed by atoms with van der Waals surface area (Å²) >= 11 is 2.03. The Balaban J connectivity index is 2.26. The van der Waals surface area contributed by atoms with E-state index < -0.39 is 10.0 Å². The summed E-state index contributed by atoms with van der Waals surface area (Å²) in [7, 11) is -0.535. The van der Waals surface area contributed by atoms with E-state index in [2.05, 4.69) is 4.72 Å². The summed E-state index contributed by atoms with van der Waals surface area (Å²) in [6, 6.07) is 11.4. The van der Waals surface area contributed by atoms with Crippen molar-refractivity contribution in [3.8, 4) is 11.5 Å². The molecule has 0 unspecified atom stereocenters. The molecule has 7 heteroatoms. The minimum atomic E-state index is -3.63. The van der Waals surface area contributed by atoms with Gasteiger partial charge in [-0.3, -0.25) is 4.72 Å². The summed E-state index contributed by atoms with van der Waals surface area (Å²) in [6.45, 7) is 0. The van der Waals surface area contributed by atoms with Gasteiger partial charge in [0, 0.05) is 5.69 Å². The maximum absolute atomic E-state index is 12.3. The van der Waals surface area contributed by atoms with Crippen LogP contribution in [0.1, 0.15) is 0 Å². The van der Waals surface area contributed by atoms with E-state index in [0.717, 1.165) is 3.57 Å². The summed E-state index contributed by atoms with van der Waals surface area (Å²) < 4.78 is 38.0. The third-order valence-electron chi connectivity index (χ3n) is 2.78. The highest BCUT2D eigenvalue weighted by atomic mass is 127. The van der Waals surface area contributed by atoms with Crippen LogP contribution in [0.25, 0.3) is 0 Å². The molecular formula is C14H14INO4S. The Hall–Kier alpha value is -1.48. The van der Waals surface area contributed by atoms with Gasteiger partial charge in [0.1, 0.15) is 11.5 Å². The minimum absolute atomic E-state index is 0.184. The van der Waals surface area contributed by atoms with Crippen molar-refractivity contribution in [2.45, 2.75) is 4.90 Å². The van der Waals surface area contributed by atoms with Crippen LogP contribution in [0.4, 0.5) is 5.69 Å². The van der Waals surface area contributed by atoms with Gasteiger partial charge in [-0.15, -0.1) is 0 Å². The van der Waals surface area contributed by atoms with E-state index in [-0.39, 0.29) is 4.90 Å². The predicted octanol–water partition coefficient (Wildman–Crippen LogP) is 3.11. The van der Waals surface area contributed by atoms with Crippen molar-refractivity contribution in [3.05, 3.63) is 46.0 Å². The third-order valence-corrected chi connectivity index (χ3v) is 5.00. The van der Waals surface area contributed by atoms with Crippen LogP contribution in [0.15, 0.2) is 47.4 Å². The second-order valence-electron chi connectivity index (χ2n) is 4.13. The fraction of sp³-hybridized carbons (Fsp3) is 0.143. The molecule has 21 heavy (non-hydrogen) atoms. The van der Waals surface area contributed by atoms with Crippen molar-refractivity contribution >= 4 is 38.3 Å². The zero-order valence-corrected chi connectivity index (χ0v) is 14.4. The van der Waals surface area contributed by atoms with Gasteiger partial charge in [-0.25, -0.2) is 8.42 Å². The summed E-state index contributed by atoms with van der Waals surface area (Å²) in [5.41, 5.74) is 0.474. The number of anilines is 1. The normalized spacial score (nSPS) is 11.0. The Bertz CT molecular complexity index is 729. The lowest BCUT2D eigenvalue weighted by atomic mass is 10.3. The molecule has 0 radical (unpaired) electrons. The van der Waals surface area contributed by atoms with Crippen LogP contribution in [0.2, 0.25) is 0 Å².